The summed E-state index contributed by atoms with van der Waals surface area (Å²) in [5, 5.41) is 0. The predicted molar refractivity (Wildman–Crippen MR) is 73.4 cm³/mol. The number of H-pyrrole nitrogens is 1. The molecule has 1 N–H and O–H groups in total. The lowest BCUT2D eigenvalue weighted by molar-refractivity contribution is 0.102. The van der Waals surface area contributed by atoms with Crippen LogP contribution in [0.1, 0.15) is 24.0 Å². The Balaban J connectivity index is 2.12. The topological polar surface area (TPSA) is 64.2 Å². The van der Waals surface area contributed by atoms with E-state index in [2.05, 4.69) is 21.8 Å². The summed E-state index contributed by atoms with van der Waals surface area (Å²) < 4.78 is 9.67. The third kappa shape index (κ3) is 3.62. The third-order valence-electron chi connectivity index (χ3n) is 2.39. The summed E-state index contributed by atoms with van der Waals surface area (Å²) in [4.78, 5) is 18.2. The van der Waals surface area contributed by atoms with Gasteiger partial charge in [-0.3, -0.25) is 0 Å². The number of carbonyl (C=O) groups excluding carboxylic acids is 1. The van der Waals surface area contributed by atoms with Crippen LogP contribution in [0, 0.1) is 18.8 Å². The summed E-state index contributed by atoms with van der Waals surface area (Å²) in [6, 6.07) is 9.55. The van der Waals surface area contributed by atoms with Gasteiger partial charge in [-0.2, -0.15) is 0 Å². The number of nitrogens with zero attached hydrogens (tertiary/aromatic N) is 1. The van der Waals surface area contributed by atoms with Crippen molar-refractivity contribution >= 4 is 6.16 Å². The Labute approximate surface area is 116 Å². The van der Waals surface area contributed by atoms with Crippen LogP contribution in [0.15, 0.2) is 30.3 Å². The molecule has 5 heteroatoms. The van der Waals surface area contributed by atoms with Crippen LogP contribution in [0.5, 0.6) is 5.88 Å². The van der Waals surface area contributed by atoms with Gasteiger partial charge >= 0.3 is 6.16 Å². The number of carbonyl (C=O) groups is 1. The number of hydrogen-bond donors (Lipinski definition) is 1. The standard InChI is InChI=1S/C15H14N2O3/c1-3-19-15(18)20-14-11(2)16-13(17-14)10-9-12-7-5-4-6-8-12/h4-8H,3H2,1-2H3,(H,16,17). The van der Waals surface area contributed by atoms with Crippen molar-refractivity contribution in [1.29, 1.82) is 0 Å². The summed E-state index contributed by atoms with van der Waals surface area (Å²) in [5.74, 6) is 6.53. The molecule has 0 aliphatic heterocycles. The van der Waals surface area contributed by atoms with Crippen molar-refractivity contribution in [2.24, 2.45) is 0 Å². The van der Waals surface area contributed by atoms with Crippen LogP contribution in [-0.4, -0.2) is 22.7 Å². The van der Waals surface area contributed by atoms with E-state index in [4.69, 9.17) is 9.47 Å². The van der Waals surface area contributed by atoms with Crippen LogP contribution < -0.4 is 4.74 Å². The smallest absolute Gasteiger partial charge is 0.434 e. The van der Waals surface area contributed by atoms with E-state index in [1.54, 1.807) is 13.8 Å². The fourth-order valence-corrected chi connectivity index (χ4v) is 1.49. The molecule has 1 aromatic heterocycles. The molecule has 5 nitrogen and oxygen atoms in total. The van der Waals surface area contributed by atoms with Crippen LogP contribution in [0.3, 0.4) is 0 Å². The molecule has 1 heterocycles. The van der Waals surface area contributed by atoms with Crippen molar-refractivity contribution in [3.05, 3.63) is 47.4 Å². The molecule has 0 spiro atoms. The van der Waals surface area contributed by atoms with Gasteiger partial charge in [0.2, 0.25) is 5.88 Å². The van der Waals surface area contributed by atoms with E-state index in [9.17, 15) is 4.79 Å². The number of nitrogens with one attached hydrogen (secondary N) is 1. The lowest BCUT2D eigenvalue weighted by Gasteiger charge is -2.01. The van der Waals surface area contributed by atoms with Gasteiger partial charge in [-0.15, -0.1) is 0 Å². The third-order valence-corrected chi connectivity index (χ3v) is 2.39. The average Bonchev–Trinajstić information content (AvgIpc) is 2.78. The molecule has 0 aliphatic rings. The first-order chi connectivity index (χ1) is 9.69. The Hall–Kier alpha value is -2.74. The molecule has 0 bridgehead atoms. The average molecular weight is 270 g/mol. The van der Waals surface area contributed by atoms with E-state index in [1.165, 1.54) is 0 Å². The number of benzene rings is 1. The Morgan fingerprint density at radius 3 is 2.75 bits per heavy atom. The lowest BCUT2D eigenvalue weighted by atomic mass is 10.2. The molecule has 2 aromatic rings. The van der Waals surface area contributed by atoms with Crippen molar-refractivity contribution in [3.8, 4) is 17.7 Å². The molecule has 0 atom stereocenters. The molecule has 0 amide bonds. The Bertz CT molecular complexity index is 651. The molecule has 102 valence electrons. The van der Waals surface area contributed by atoms with Crippen molar-refractivity contribution in [3.63, 3.8) is 0 Å². The fraction of sp³-hybridized carbons (Fsp3) is 0.200. The second-order valence-electron chi connectivity index (χ2n) is 3.90. The highest BCUT2D eigenvalue weighted by molar-refractivity contribution is 5.63. The van der Waals surface area contributed by atoms with E-state index in [0.29, 0.717) is 11.5 Å². The zero-order chi connectivity index (χ0) is 14.4. The maximum Gasteiger partial charge on any atom is 0.515 e. The maximum absolute atomic E-state index is 11.2. The second kappa shape index (κ2) is 6.43. The van der Waals surface area contributed by atoms with Crippen LogP contribution in [-0.2, 0) is 4.74 Å². The van der Waals surface area contributed by atoms with Crippen molar-refractivity contribution in [2.45, 2.75) is 13.8 Å². The molecular formula is C15H14N2O3. The molecule has 0 saturated heterocycles. The van der Waals surface area contributed by atoms with Crippen LogP contribution >= 0.6 is 0 Å². The van der Waals surface area contributed by atoms with Gasteiger partial charge in [-0.1, -0.05) is 24.1 Å². The first-order valence-electron chi connectivity index (χ1n) is 6.17. The number of rotatable bonds is 2. The Kier molecular flexibility index (Phi) is 4.40. The highest BCUT2D eigenvalue weighted by Gasteiger charge is 2.11. The number of aryl methyl sites for hydroxylation is 1. The summed E-state index contributed by atoms with van der Waals surface area (Å²) in [7, 11) is 0. The molecule has 20 heavy (non-hydrogen) atoms. The monoisotopic (exact) mass is 270 g/mol. The molecular weight excluding hydrogens is 256 g/mol. The molecule has 0 fully saturated rings. The lowest BCUT2D eigenvalue weighted by Crippen LogP contribution is -2.10. The molecule has 2 rings (SSSR count). The van der Waals surface area contributed by atoms with E-state index in [1.807, 2.05) is 30.3 Å². The molecule has 0 saturated carbocycles. The zero-order valence-electron chi connectivity index (χ0n) is 11.3. The molecule has 0 radical (unpaired) electrons. The number of imidazole rings is 1. The Morgan fingerprint density at radius 2 is 2.05 bits per heavy atom. The number of aromatic amines is 1. The number of hydrogen-bond acceptors (Lipinski definition) is 4. The normalized spacial score (nSPS) is 9.50. The summed E-state index contributed by atoms with van der Waals surface area (Å²) >= 11 is 0. The number of aromatic nitrogens is 2. The van der Waals surface area contributed by atoms with E-state index < -0.39 is 6.16 Å². The molecule has 0 aliphatic carbocycles. The van der Waals surface area contributed by atoms with Crippen LogP contribution in [0.25, 0.3) is 0 Å². The predicted octanol–water partition coefficient (Wildman–Crippen LogP) is 2.65. The fourth-order valence-electron chi connectivity index (χ4n) is 1.49. The first-order valence-corrected chi connectivity index (χ1v) is 6.17. The minimum Gasteiger partial charge on any atom is -0.434 e. The maximum atomic E-state index is 11.2. The minimum absolute atomic E-state index is 0.251. The summed E-state index contributed by atoms with van der Waals surface area (Å²) in [6.07, 6.45) is -0.762. The number of ether oxygens (including phenoxy) is 2. The summed E-state index contributed by atoms with van der Waals surface area (Å²) in [5.41, 5.74) is 1.44. The van der Waals surface area contributed by atoms with Crippen LogP contribution in [0.4, 0.5) is 4.79 Å². The highest BCUT2D eigenvalue weighted by atomic mass is 16.7. The largest absolute Gasteiger partial charge is 0.515 e. The van der Waals surface area contributed by atoms with Gasteiger partial charge in [0.15, 0.2) is 5.82 Å². The quantitative estimate of drug-likeness (QED) is 0.673. The summed E-state index contributed by atoms with van der Waals surface area (Å²) in [6.45, 7) is 3.68. The van der Waals surface area contributed by atoms with Crippen LogP contribution in [0.2, 0.25) is 0 Å². The molecule has 1 aromatic carbocycles. The van der Waals surface area contributed by atoms with Gasteiger partial charge in [0.05, 0.1) is 6.61 Å². The zero-order valence-corrected chi connectivity index (χ0v) is 11.3. The minimum atomic E-state index is -0.762. The van der Waals surface area contributed by atoms with Crippen molar-refractivity contribution in [2.75, 3.05) is 6.61 Å². The second-order valence-corrected chi connectivity index (χ2v) is 3.90. The SMILES string of the molecule is CCOC(=O)Oc1[nH]c(C#Cc2ccccc2)nc1C. The Morgan fingerprint density at radius 1 is 1.30 bits per heavy atom. The van der Waals surface area contributed by atoms with Gasteiger partial charge in [0.1, 0.15) is 5.69 Å². The van der Waals surface area contributed by atoms with E-state index in [-0.39, 0.29) is 12.5 Å². The van der Waals surface area contributed by atoms with Gasteiger partial charge in [-0.05, 0) is 31.9 Å². The van der Waals surface area contributed by atoms with Gasteiger partial charge < -0.3 is 14.5 Å². The van der Waals surface area contributed by atoms with E-state index in [0.717, 1.165) is 5.56 Å². The van der Waals surface area contributed by atoms with Crippen molar-refractivity contribution in [1.82, 2.24) is 9.97 Å². The highest BCUT2D eigenvalue weighted by Crippen LogP contribution is 2.14. The van der Waals surface area contributed by atoms with Gasteiger partial charge in [-0.25, -0.2) is 9.78 Å². The molecule has 0 unspecified atom stereocenters. The van der Waals surface area contributed by atoms with Crippen molar-refractivity contribution < 1.29 is 14.3 Å². The van der Waals surface area contributed by atoms with Gasteiger partial charge in [0, 0.05) is 5.56 Å². The van der Waals surface area contributed by atoms with Gasteiger partial charge in [0.25, 0.3) is 0 Å². The van der Waals surface area contributed by atoms with E-state index >= 15 is 0 Å². The first kappa shape index (κ1) is 13.7.